The van der Waals surface area contributed by atoms with Gasteiger partial charge in [0.05, 0.1) is 5.92 Å². The number of Topliss-reactive ketones (excluding diaryl/α,β-unsaturated/α-hetero) is 1. The summed E-state index contributed by atoms with van der Waals surface area (Å²) in [5.74, 6) is -1.45. The molecular formula is C19H16FNO4. The van der Waals surface area contributed by atoms with E-state index in [2.05, 4.69) is 0 Å². The van der Waals surface area contributed by atoms with Gasteiger partial charge in [-0.15, -0.1) is 0 Å². The van der Waals surface area contributed by atoms with Crippen LogP contribution in [0.1, 0.15) is 23.7 Å². The lowest BCUT2D eigenvalue weighted by atomic mass is 10.1. The second-order valence-corrected chi connectivity index (χ2v) is 5.88. The second kappa shape index (κ2) is 6.84. The molecule has 0 aliphatic carbocycles. The van der Waals surface area contributed by atoms with E-state index in [9.17, 15) is 18.8 Å². The predicted octanol–water partition coefficient (Wildman–Crippen LogP) is 2.99. The molecule has 1 fully saturated rings. The molecule has 0 bridgehead atoms. The average Bonchev–Trinajstić information content (AvgIpc) is 2.98. The summed E-state index contributed by atoms with van der Waals surface area (Å²) in [6, 6.07) is 11.8. The van der Waals surface area contributed by atoms with Crippen molar-refractivity contribution in [3.05, 3.63) is 59.9 Å². The van der Waals surface area contributed by atoms with Gasteiger partial charge in [0.25, 0.3) is 0 Å². The smallest absolute Gasteiger partial charge is 0.316 e. The van der Waals surface area contributed by atoms with Crippen LogP contribution in [0, 0.1) is 11.7 Å². The maximum absolute atomic E-state index is 13.0. The molecule has 0 spiro atoms. The normalized spacial score (nSPS) is 16.8. The van der Waals surface area contributed by atoms with Crippen LogP contribution in [0.5, 0.6) is 5.75 Å². The fourth-order valence-corrected chi connectivity index (χ4v) is 2.69. The standard InChI is InChI=1S/C19H16FNO4/c1-12(22)13-2-8-17(9-3-13)25-19(24)14-10-18(23)21(11-14)16-6-4-15(20)5-7-16/h2-9,14H,10-11H2,1H3/t14-/m0/s1. The van der Waals surface area contributed by atoms with E-state index in [1.54, 1.807) is 24.3 Å². The van der Waals surface area contributed by atoms with Gasteiger partial charge < -0.3 is 9.64 Å². The van der Waals surface area contributed by atoms with Gasteiger partial charge >= 0.3 is 5.97 Å². The van der Waals surface area contributed by atoms with Gasteiger partial charge in [0, 0.05) is 24.2 Å². The summed E-state index contributed by atoms with van der Waals surface area (Å²) in [5, 5.41) is 0. The number of hydrogen-bond acceptors (Lipinski definition) is 4. The minimum absolute atomic E-state index is 0.0434. The van der Waals surface area contributed by atoms with E-state index in [1.807, 2.05) is 0 Å². The molecular weight excluding hydrogens is 325 g/mol. The molecule has 3 rings (SSSR count). The summed E-state index contributed by atoms with van der Waals surface area (Å²) in [6.07, 6.45) is 0.0434. The number of halogens is 1. The minimum atomic E-state index is -0.593. The Morgan fingerprint density at radius 3 is 2.32 bits per heavy atom. The van der Waals surface area contributed by atoms with Gasteiger partial charge in [0.2, 0.25) is 5.91 Å². The highest BCUT2D eigenvalue weighted by atomic mass is 19.1. The largest absolute Gasteiger partial charge is 0.426 e. The van der Waals surface area contributed by atoms with Gasteiger partial charge in [-0.1, -0.05) is 0 Å². The lowest BCUT2D eigenvalue weighted by Gasteiger charge is -2.16. The number of ketones is 1. The Morgan fingerprint density at radius 2 is 1.72 bits per heavy atom. The molecule has 0 unspecified atom stereocenters. The van der Waals surface area contributed by atoms with E-state index < -0.39 is 11.9 Å². The molecule has 5 nitrogen and oxygen atoms in total. The van der Waals surface area contributed by atoms with E-state index >= 15 is 0 Å². The van der Waals surface area contributed by atoms with Gasteiger partial charge in [0.1, 0.15) is 11.6 Å². The topological polar surface area (TPSA) is 63.7 Å². The molecule has 1 aliphatic rings. The Kier molecular flexibility index (Phi) is 4.61. The Balaban J connectivity index is 1.66. The molecule has 1 atom stereocenters. The molecule has 2 aromatic rings. The third kappa shape index (κ3) is 3.74. The molecule has 1 heterocycles. The molecule has 0 saturated carbocycles. The predicted molar refractivity (Wildman–Crippen MR) is 88.9 cm³/mol. The van der Waals surface area contributed by atoms with Crippen LogP contribution in [0.4, 0.5) is 10.1 Å². The van der Waals surface area contributed by atoms with Crippen LogP contribution in [0.3, 0.4) is 0 Å². The number of esters is 1. The lowest BCUT2D eigenvalue weighted by Crippen LogP contribution is -2.27. The number of amides is 1. The van der Waals surface area contributed by atoms with E-state index in [1.165, 1.54) is 36.1 Å². The number of hydrogen-bond donors (Lipinski definition) is 0. The van der Waals surface area contributed by atoms with Gasteiger partial charge in [-0.25, -0.2) is 4.39 Å². The zero-order chi connectivity index (χ0) is 18.0. The molecule has 1 aliphatic heterocycles. The van der Waals surface area contributed by atoms with E-state index in [0.29, 0.717) is 17.0 Å². The molecule has 6 heteroatoms. The van der Waals surface area contributed by atoms with Crippen LogP contribution in [0.2, 0.25) is 0 Å². The van der Waals surface area contributed by atoms with Crippen molar-refractivity contribution in [1.82, 2.24) is 0 Å². The molecule has 0 aromatic heterocycles. The zero-order valence-electron chi connectivity index (χ0n) is 13.6. The molecule has 0 N–H and O–H groups in total. The van der Waals surface area contributed by atoms with Crippen molar-refractivity contribution >= 4 is 23.3 Å². The third-order valence-electron chi connectivity index (χ3n) is 4.08. The van der Waals surface area contributed by atoms with Crippen molar-refractivity contribution < 1.29 is 23.5 Å². The van der Waals surface area contributed by atoms with Crippen LogP contribution in [0.25, 0.3) is 0 Å². The molecule has 128 valence electrons. The summed E-state index contributed by atoms with van der Waals surface area (Å²) >= 11 is 0. The second-order valence-electron chi connectivity index (χ2n) is 5.88. The maximum Gasteiger partial charge on any atom is 0.316 e. The summed E-state index contributed by atoms with van der Waals surface area (Å²) in [4.78, 5) is 37.1. The van der Waals surface area contributed by atoms with Crippen molar-refractivity contribution in [1.29, 1.82) is 0 Å². The van der Waals surface area contributed by atoms with Crippen molar-refractivity contribution in [2.75, 3.05) is 11.4 Å². The average molecular weight is 341 g/mol. The fraction of sp³-hybridized carbons (Fsp3) is 0.211. The van der Waals surface area contributed by atoms with E-state index in [0.717, 1.165) is 0 Å². The van der Waals surface area contributed by atoms with Crippen LogP contribution in [-0.2, 0) is 9.59 Å². The van der Waals surface area contributed by atoms with Crippen molar-refractivity contribution in [3.8, 4) is 5.75 Å². The Hall–Kier alpha value is -3.02. The Labute approximate surface area is 144 Å². The maximum atomic E-state index is 13.0. The number of anilines is 1. The zero-order valence-corrected chi connectivity index (χ0v) is 13.6. The molecule has 1 saturated heterocycles. The fourth-order valence-electron chi connectivity index (χ4n) is 2.69. The number of ether oxygens (including phenoxy) is 1. The highest BCUT2D eigenvalue weighted by Crippen LogP contribution is 2.26. The van der Waals surface area contributed by atoms with E-state index in [4.69, 9.17) is 4.74 Å². The Morgan fingerprint density at radius 1 is 1.08 bits per heavy atom. The minimum Gasteiger partial charge on any atom is -0.426 e. The molecule has 0 radical (unpaired) electrons. The first-order valence-corrected chi connectivity index (χ1v) is 7.82. The van der Waals surface area contributed by atoms with Gasteiger partial charge in [-0.2, -0.15) is 0 Å². The van der Waals surface area contributed by atoms with Gasteiger partial charge in [0.15, 0.2) is 5.78 Å². The van der Waals surface area contributed by atoms with Crippen LogP contribution in [0.15, 0.2) is 48.5 Å². The molecule has 2 aromatic carbocycles. The summed E-state index contributed by atoms with van der Waals surface area (Å²) in [5.41, 5.74) is 1.07. The van der Waals surface area contributed by atoms with Crippen molar-refractivity contribution in [2.24, 2.45) is 5.92 Å². The number of rotatable bonds is 4. The van der Waals surface area contributed by atoms with Crippen LogP contribution < -0.4 is 9.64 Å². The first-order valence-electron chi connectivity index (χ1n) is 7.82. The van der Waals surface area contributed by atoms with Crippen LogP contribution in [-0.4, -0.2) is 24.2 Å². The highest BCUT2D eigenvalue weighted by molar-refractivity contribution is 5.99. The SMILES string of the molecule is CC(=O)c1ccc(OC(=O)[C@H]2CC(=O)N(c3ccc(F)cc3)C2)cc1. The Bertz CT molecular complexity index is 814. The molecule has 25 heavy (non-hydrogen) atoms. The number of nitrogens with zero attached hydrogens (tertiary/aromatic N) is 1. The van der Waals surface area contributed by atoms with Gasteiger partial charge in [-0.3, -0.25) is 14.4 Å². The summed E-state index contributed by atoms with van der Waals surface area (Å²) in [7, 11) is 0. The van der Waals surface area contributed by atoms with E-state index in [-0.39, 0.29) is 30.5 Å². The summed E-state index contributed by atoms with van der Waals surface area (Å²) in [6.45, 7) is 1.64. The van der Waals surface area contributed by atoms with Crippen LogP contribution >= 0.6 is 0 Å². The monoisotopic (exact) mass is 341 g/mol. The lowest BCUT2D eigenvalue weighted by molar-refractivity contribution is -0.139. The van der Waals surface area contributed by atoms with Crippen molar-refractivity contribution in [2.45, 2.75) is 13.3 Å². The highest BCUT2D eigenvalue weighted by Gasteiger charge is 2.36. The third-order valence-corrected chi connectivity index (χ3v) is 4.08. The number of carbonyl (C=O) groups is 3. The first kappa shape index (κ1) is 16.8. The number of carbonyl (C=O) groups excluding carboxylic acids is 3. The van der Waals surface area contributed by atoms with Crippen molar-refractivity contribution in [3.63, 3.8) is 0 Å². The molecule has 1 amide bonds. The van der Waals surface area contributed by atoms with Gasteiger partial charge in [-0.05, 0) is 55.5 Å². The summed E-state index contributed by atoms with van der Waals surface area (Å²) < 4.78 is 18.3. The quantitative estimate of drug-likeness (QED) is 0.487. The first-order chi connectivity index (χ1) is 11.9. The number of benzene rings is 2.